The summed E-state index contributed by atoms with van der Waals surface area (Å²) in [4.78, 5) is 25.6. The molecule has 98 valence electrons. The molecule has 6 nitrogen and oxygen atoms in total. The SMILES string of the molecule is O=C(CCNc1ncc([N+](=O)[O-])s1)c1ccccc1. The molecule has 0 saturated carbocycles. The van der Waals surface area contributed by atoms with E-state index in [1.807, 2.05) is 18.2 Å². The van der Waals surface area contributed by atoms with Crippen LogP contribution >= 0.6 is 11.3 Å². The molecule has 0 aliphatic heterocycles. The summed E-state index contributed by atoms with van der Waals surface area (Å²) in [5.74, 6) is 0.0270. The van der Waals surface area contributed by atoms with E-state index in [2.05, 4.69) is 10.3 Å². The van der Waals surface area contributed by atoms with Gasteiger partial charge in [0.05, 0.1) is 4.92 Å². The molecule has 0 aliphatic carbocycles. The Morgan fingerprint density at radius 2 is 2.11 bits per heavy atom. The smallest absolute Gasteiger partial charge is 0.345 e. The van der Waals surface area contributed by atoms with E-state index in [1.54, 1.807) is 12.1 Å². The highest BCUT2D eigenvalue weighted by molar-refractivity contribution is 7.18. The van der Waals surface area contributed by atoms with Crippen LogP contribution in [-0.4, -0.2) is 22.2 Å². The lowest BCUT2D eigenvalue weighted by atomic mass is 10.1. The van der Waals surface area contributed by atoms with Gasteiger partial charge in [-0.05, 0) is 11.3 Å². The van der Waals surface area contributed by atoms with E-state index in [0.717, 1.165) is 11.3 Å². The molecule has 19 heavy (non-hydrogen) atoms. The molecule has 0 radical (unpaired) electrons. The van der Waals surface area contributed by atoms with Crippen LogP contribution in [0.4, 0.5) is 10.1 Å². The van der Waals surface area contributed by atoms with Crippen LogP contribution in [0, 0.1) is 10.1 Å². The van der Waals surface area contributed by atoms with E-state index in [9.17, 15) is 14.9 Å². The van der Waals surface area contributed by atoms with Gasteiger partial charge in [-0.3, -0.25) is 14.9 Å². The standard InChI is InChI=1S/C12H11N3O3S/c16-10(9-4-2-1-3-5-9)6-7-13-12-14-8-11(19-12)15(17)18/h1-5,8H,6-7H2,(H,13,14). The lowest BCUT2D eigenvalue weighted by Crippen LogP contribution is -2.08. The molecular weight excluding hydrogens is 266 g/mol. The van der Waals surface area contributed by atoms with Crippen LogP contribution in [0.1, 0.15) is 16.8 Å². The molecule has 0 atom stereocenters. The molecule has 0 fully saturated rings. The second-order valence-electron chi connectivity index (χ2n) is 3.73. The van der Waals surface area contributed by atoms with E-state index in [0.29, 0.717) is 23.7 Å². The molecule has 0 saturated heterocycles. The third kappa shape index (κ3) is 3.59. The van der Waals surface area contributed by atoms with Crippen molar-refractivity contribution < 1.29 is 9.72 Å². The molecule has 0 aliphatic rings. The van der Waals surface area contributed by atoms with Gasteiger partial charge in [0.15, 0.2) is 10.9 Å². The maximum atomic E-state index is 11.8. The Labute approximate surface area is 113 Å². The minimum Gasteiger partial charge on any atom is -0.361 e. The van der Waals surface area contributed by atoms with Crippen LogP contribution in [0.5, 0.6) is 0 Å². The molecule has 0 unspecified atom stereocenters. The van der Waals surface area contributed by atoms with Gasteiger partial charge in [0, 0.05) is 18.5 Å². The first-order valence-electron chi connectivity index (χ1n) is 5.59. The number of anilines is 1. The second kappa shape index (κ2) is 6.05. The average Bonchev–Trinajstić information content (AvgIpc) is 2.89. The summed E-state index contributed by atoms with van der Waals surface area (Å²) in [6.45, 7) is 0.401. The number of nitrogens with zero attached hydrogens (tertiary/aromatic N) is 2. The first-order chi connectivity index (χ1) is 9.16. The number of thiazole rings is 1. The molecule has 7 heteroatoms. The zero-order valence-electron chi connectivity index (χ0n) is 9.91. The van der Waals surface area contributed by atoms with Gasteiger partial charge in [-0.2, -0.15) is 0 Å². The molecular formula is C12H11N3O3S. The van der Waals surface area contributed by atoms with Gasteiger partial charge < -0.3 is 5.32 Å². The number of nitrogens with one attached hydrogen (secondary N) is 1. The van der Waals surface area contributed by atoms with E-state index in [1.165, 1.54) is 6.20 Å². The van der Waals surface area contributed by atoms with Crippen molar-refractivity contribution in [1.82, 2.24) is 4.98 Å². The zero-order valence-corrected chi connectivity index (χ0v) is 10.7. The van der Waals surface area contributed by atoms with Crippen molar-refractivity contribution in [2.24, 2.45) is 0 Å². The van der Waals surface area contributed by atoms with Crippen LogP contribution in [0.3, 0.4) is 0 Å². The normalized spacial score (nSPS) is 10.1. The Hall–Kier alpha value is -2.28. The van der Waals surface area contributed by atoms with Crippen LogP contribution in [-0.2, 0) is 0 Å². The van der Waals surface area contributed by atoms with Crippen molar-refractivity contribution in [3.8, 4) is 0 Å². The summed E-state index contributed by atoms with van der Waals surface area (Å²) in [7, 11) is 0. The monoisotopic (exact) mass is 277 g/mol. The maximum absolute atomic E-state index is 11.8. The molecule has 1 heterocycles. The molecule has 0 bridgehead atoms. The number of aromatic nitrogens is 1. The molecule has 2 rings (SSSR count). The summed E-state index contributed by atoms with van der Waals surface area (Å²) in [5, 5.41) is 13.8. The van der Waals surface area contributed by atoms with Crippen LogP contribution in [0.15, 0.2) is 36.5 Å². The topological polar surface area (TPSA) is 85.1 Å². The van der Waals surface area contributed by atoms with Crippen LogP contribution in [0.25, 0.3) is 0 Å². The van der Waals surface area contributed by atoms with E-state index >= 15 is 0 Å². The first-order valence-corrected chi connectivity index (χ1v) is 6.41. The van der Waals surface area contributed by atoms with Crippen molar-refractivity contribution in [2.75, 3.05) is 11.9 Å². The number of hydrogen-bond acceptors (Lipinski definition) is 6. The second-order valence-corrected chi connectivity index (χ2v) is 4.74. The predicted octanol–water partition coefficient (Wildman–Crippen LogP) is 2.74. The number of Topliss-reactive ketones (excluding diaryl/α,β-unsaturated/α-hetero) is 1. The van der Waals surface area contributed by atoms with Gasteiger partial charge >= 0.3 is 5.00 Å². The van der Waals surface area contributed by atoms with Crippen molar-refractivity contribution in [2.45, 2.75) is 6.42 Å². The third-order valence-electron chi connectivity index (χ3n) is 2.40. The van der Waals surface area contributed by atoms with Gasteiger partial charge in [0.2, 0.25) is 0 Å². The highest BCUT2D eigenvalue weighted by atomic mass is 32.1. The fourth-order valence-corrected chi connectivity index (χ4v) is 2.14. The van der Waals surface area contributed by atoms with Gasteiger partial charge in [-0.15, -0.1) is 0 Å². The number of carbonyl (C=O) groups is 1. The fourth-order valence-electron chi connectivity index (χ4n) is 1.48. The molecule has 0 amide bonds. The highest BCUT2D eigenvalue weighted by Crippen LogP contribution is 2.24. The Kier molecular flexibility index (Phi) is 4.19. The molecule has 1 aromatic carbocycles. The summed E-state index contributed by atoms with van der Waals surface area (Å²) < 4.78 is 0. The number of rotatable bonds is 6. The minimum atomic E-state index is -0.488. The van der Waals surface area contributed by atoms with E-state index in [-0.39, 0.29) is 10.8 Å². The van der Waals surface area contributed by atoms with Gasteiger partial charge in [0.1, 0.15) is 6.20 Å². The summed E-state index contributed by atoms with van der Waals surface area (Å²) >= 11 is 0.956. The molecule has 1 N–H and O–H groups in total. The summed E-state index contributed by atoms with van der Waals surface area (Å²) in [6, 6.07) is 8.99. The number of ketones is 1. The number of hydrogen-bond donors (Lipinski definition) is 1. The van der Waals surface area contributed by atoms with Crippen LogP contribution in [0.2, 0.25) is 0 Å². The Morgan fingerprint density at radius 1 is 1.37 bits per heavy atom. The quantitative estimate of drug-likeness (QED) is 0.498. The van der Waals surface area contributed by atoms with Crippen LogP contribution < -0.4 is 5.32 Å². The number of benzene rings is 1. The first kappa shape index (κ1) is 13.2. The summed E-state index contributed by atoms with van der Waals surface area (Å²) in [6.07, 6.45) is 1.52. The predicted molar refractivity (Wildman–Crippen MR) is 72.6 cm³/mol. The van der Waals surface area contributed by atoms with Crippen molar-refractivity contribution >= 4 is 27.3 Å². The number of nitro groups is 1. The minimum absolute atomic E-state index is 0.0168. The highest BCUT2D eigenvalue weighted by Gasteiger charge is 2.11. The third-order valence-corrected chi connectivity index (χ3v) is 3.30. The Balaban J connectivity index is 1.83. The summed E-state index contributed by atoms with van der Waals surface area (Å²) in [5.41, 5.74) is 0.661. The van der Waals surface area contributed by atoms with Crippen molar-refractivity contribution in [1.29, 1.82) is 0 Å². The largest absolute Gasteiger partial charge is 0.361 e. The Bertz CT molecular complexity index is 583. The van der Waals surface area contributed by atoms with Gasteiger partial charge in [-0.25, -0.2) is 4.98 Å². The molecule has 0 spiro atoms. The molecule has 2 aromatic rings. The lowest BCUT2D eigenvalue weighted by Gasteiger charge is -2.01. The van der Waals surface area contributed by atoms with Gasteiger partial charge in [0.25, 0.3) is 0 Å². The van der Waals surface area contributed by atoms with Crippen molar-refractivity contribution in [3.63, 3.8) is 0 Å². The number of carbonyl (C=O) groups excluding carboxylic acids is 1. The Morgan fingerprint density at radius 3 is 2.74 bits per heavy atom. The lowest BCUT2D eigenvalue weighted by molar-refractivity contribution is -0.380. The van der Waals surface area contributed by atoms with Gasteiger partial charge in [-0.1, -0.05) is 30.3 Å². The fraction of sp³-hybridized carbons (Fsp3) is 0.167. The average molecular weight is 277 g/mol. The van der Waals surface area contributed by atoms with Crippen molar-refractivity contribution in [3.05, 3.63) is 52.2 Å². The maximum Gasteiger partial charge on any atom is 0.345 e. The van der Waals surface area contributed by atoms with E-state index < -0.39 is 4.92 Å². The molecule has 1 aromatic heterocycles. The van der Waals surface area contributed by atoms with E-state index in [4.69, 9.17) is 0 Å². The zero-order chi connectivity index (χ0) is 13.7.